The summed E-state index contributed by atoms with van der Waals surface area (Å²) < 4.78 is 0. The minimum atomic E-state index is 0. The zero-order valence-corrected chi connectivity index (χ0v) is 2.12. The monoisotopic (exact) mass is 122 g/mol. The maximum Gasteiger partial charge on any atom is 0.316 e. The van der Waals surface area contributed by atoms with E-state index in [9.17, 15) is 0 Å². The van der Waals surface area contributed by atoms with E-state index < -0.39 is 0 Å². The first kappa shape index (κ1) is 38.4. The van der Waals surface area contributed by atoms with Gasteiger partial charge in [0.2, 0.25) is 0 Å². The van der Waals surface area contributed by atoms with Gasteiger partial charge in [-0.3, -0.25) is 0 Å². The summed E-state index contributed by atoms with van der Waals surface area (Å²) >= 11 is 0. The van der Waals surface area contributed by atoms with Crippen LogP contribution in [-0.2, 0) is 0 Å². The zero-order chi connectivity index (χ0) is 0. The topological polar surface area (TPSA) is 0 Å². The molecule has 4 heavy (non-hydrogen) atoms. The van der Waals surface area contributed by atoms with Crippen LogP contribution < -0.4 is 0 Å². The molecule has 0 aliphatic carbocycles. The first-order valence-electron chi connectivity index (χ1n) is 0. The third-order valence-corrected chi connectivity index (χ3v) is 0. The molecule has 0 heterocycles. The molecule has 1 atom stereocenters. The molecule has 0 N–H and O–H groups in total. The minimum Gasteiger partial charge on any atom is -0.153 e. The van der Waals surface area contributed by atoms with E-state index >= 15 is 0 Å². The van der Waals surface area contributed by atoms with Crippen molar-refractivity contribution in [2.75, 3.05) is 0 Å². The third-order valence-electron chi connectivity index (χ3n) is 0. The molecular weight excluding hydrogens is 110 g/mol. The third kappa shape index (κ3) is 9.04. The highest BCUT2D eigenvalue weighted by molar-refractivity contribution is 6.92. The summed E-state index contributed by atoms with van der Waals surface area (Å²) in [4.78, 5) is 0. The normalized spacial score (nSPS) is 0. The van der Waals surface area contributed by atoms with Crippen molar-refractivity contribution >= 4 is 61.3 Å². The summed E-state index contributed by atoms with van der Waals surface area (Å²) in [5.41, 5.74) is 0. The van der Waals surface area contributed by atoms with Crippen LogP contribution >= 0.6 is 9.90 Å². The average molecular weight is 122 g/mol. The van der Waals surface area contributed by atoms with Crippen LogP contribution in [0, 0.1) is 0 Å². The van der Waals surface area contributed by atoms with Gasteiger partial charge < -0.3 is 0 Å². The van der Waals surface area contributed by atoms with Crippen molar-refractivity contribution in [3.63, 3.8) is 0 Å². The second kappa shape index (κ2) is 20.3. The SMILES string of the molecule is P.[AlH3].[MgH2].[SiH4]. The van der Waals surface area contributed by atoms with Crippen molar-refractivity contribution in [2.24, 2.45) is 0 Å². The summed E-state index contributed by atoms with van der Waals surface area (Å²) in [6.45, 7) is 0. The lowest BCUT2D eigenvalue weighted by Gasteiger charge is -0.153. The molecule has 0 rings (SSSR count). The quantitative estimate of drug-likeness (QED) is 0.231. The smallest absolute Gasteiger partial charge is 0.153 e. The molecule has 0 saturated carbocycles. The molecule has 0 aliphatic heterocycles. The summed E-state index contributed by atoms with van der Waals surface area (Å²) in [6, 6.07) is 0. The fourth-order valence-corrected chi connectivity index (χ4v) is 0. The molecule has 0 fully saturated rings. The fourth-order valence-electron chi connectivity index (χ4n) is 0. The van der Waals surface area contributed by atoms with Crippen LogP contribution in [0.4, 0.5) is 0 Å². The van der Waals surface area contributed by atoms with Crippen LogP contribution in [0.2, 0.25) is 0 Å². The molecular formula is H12AlMgPSi. The van der Waals surface area contributed by atoms with Gasteiger partial charge in [-0.05, 0) is 11.0 Å². The Morgan fingerprint density at radius 3 is 1.00 bits per heavy atom. The second-order valence-electron chi connectivity index (χ2n) is 0. The highest BCUT2D eigenvalue weighted by atomic mass is 31.0. The van der Waals surface area contributed by atoms with E-state index in [2.05, 4.69) is 0 Å². The van der Waals surface area contributed by atoms with Gasteiger partial charge in [0.1, 0.15) is 0 Å². The maximum absolute atomic E-state index is 0. The molecule has 0 saturated heterocycles. The van der Waals surface area contributed by atoms with Gasteiger partial charge in [0, 0.05) is 0 Å². The molecule has 0 bridgehead atoms. The Morgan fingerprint density at radius 2 is 1.00 bits per heavy atom. The Kier molecular flexibility index (Phi) is 195. The van der Waals surface area contributed by atoms with E-state index in [-0.39, 0.29) is 61.3 Å². The predicted molar refractivity (Wildman–Crippen MR) is 40.9 cm³/mol. The lowest BCUT2D eigenvalue weighted by molar-refractivity contribution is 5.75. The van der Waals surface area contributed by atoms with Crippen molar-refractivity contribution < 1.29 is 0 Å². The lowest BCUT2D eigenvalue weighted by Crippen LogP contribution is -0.382. The average Bonchev–Trinajstić information content (AvgIpc) is 0. The molecule has 0 aromatic carbocycles. The van der Waals surface area contributed by atoms with Gasteiger partial charge in [-0.25, -0.2) is 0 Å². The fraction of sp³-hybridized carbons (Fsp3) is 0. The van der Waals surface area contributed by atoms with Gasteiger partial charge in [0.05, 0.1) is 0 Å². The van der Waals surface area contributed by atoms with Gasteiger partial charge >= 0.3 is 23.1 Å². The molecule has 0 spiro atoms. The van der Waals surface area contributed by atoms with Crippen molar-refractivity contribution in [3.8, 4) is 0 Å². The van der Waals surface area contributed by atoms with Crippen molar-refractivity contribution in [2.45, 2.75) is 0 Å². The predicted octanol–water partition coefficient (Wildman–Crippen LogP) is -3.49. The number of rotatable bonds is 0. The molecule has 0 nitrogen and oxygen atoms in total. The Morgan fingerprint density at radius 1 is 1.00 bits per heavy atom. The summed E-state index contributed by atoms with van der Waals surface area (Å²) in [5, 5.41) is 0. The molecule has 0 aromatic heterocycles. The first-order valence-corrected chi connectivity index (χ1v) is 0. The van der Waals surface area contributed by atoms with E-state index in [0.717, 1.165) is 0 Å². The Labute approximate surface area is 61.0 Å². The first-order chi connectivity index (χ1) is 0. The van der Waals surface area contributed by atoms with E-state index in [1.807, 2.05) is 0 Å². The van der Waals surface area contributed by atoms with Crippen LogP contribution in [0.15, 0.2) is 0 Å². The molecule has 1 unspecified atom stereocenters. The largest absolute Gasteiger partial charge is 0.316 e. The van der Waals surface area contributed by atoms with Gasteiger partial charge in [-0.15, -0.1) is 0 Å². The molecule has 26 valence electrons. The van der Waals surface area contributed by atoms with Crippen LogP contribution in [0.1, 0.15) is 0 Å². The molecule has 0 radical (unpaired) electrons. The van der Waals surface area contributed by atoms with E-state index in [4.69, 9.17) is 0 Å². The van der Waals surface area contributed by atoms with E-state index in [1.54, 1.807) is 0 Å². The Balaban J connectivity index is 0. The molecule has 0 amide bonds. The van der Waals surface area contributed by atoms with Gasteiger partial charge in [-0.1, -0.05) is 0 Å². The molecule has 0 aliphatic rings. The minimum absolute atomic E-state index is 0. The van der Waals surface area contributed by atoms with Crippen molar-refractivity contribution in [1.29, 1.82) is 0 Å². The van der Waals surface area contributed by atoms with Crippen LogP contribution in [0.5, 0.6) is 0 Å². The van der Waals surface area contributed by atoms with Gasteiger partial charge in [0.15, 0.2) is 17.4 Å². The Hall–Kier alpha value is 1.95. The lowest BCUT2D eigenvalue weighted by atomic mass is 24.3. The summed E-state index contributed by atoms with van der Waals surface area (Å²) in [6.07, 6.45) is 0. The van der Waals surface area contributed by atoms with Crippen LogP contribution in [0.3, 0.4) is 0 Å². The highest BCUT2D eigenvalue weighted by Gasteiger charge is 0.316. The Bertz CT molecular complexity index is 8.00. The maximum atomic E-state index is 0. The zero-order valence-electron chi connectivity index (χ0n) is 0.707. The van der Waals surface area contributed by atoms with Crippen molar-refractivity contribution in [3.05, 3.63) is 0 Å². The van der Waals surface area contributed by atoms with Gasteiger partial charge in [0.25, 0.3) is 0 Å². The van der Waals surface area contributed by atoms with Crippen LogP contribution in [0.25, 0.3) is 0 Å². The summed E-state index contributed by atoms with van der Waals surface area (Å²) in [5.74, 6) is 0. The van der Waals surface area contributed by atoms with Crippen molar-refractivity contribution in [1.82, 2.24) is 0 Å². The standard InChI is InChI=1S/Al.Mg.H3P.H4Si.5H/h;;1H3;1H4;;;;;. The number of hydrogen-bond acceptors (Lipinski definition) is 0. The van der Waals surface area contributed by atoms with E-state index in [0.29, 0.717) is 0 Å². The van der Waals surface area contributed by atoms with E-state index in [1.165, 1.54) is 0 Å². The number of hydrogen-bond donors (Lipinski definition) is 0. The summed E-state index contributed by atoms with van der Waals surface area (Å²) in [7, 11) is 0. The van der Waals surface area contributed by atoms with Crippen LogP contribution in [-0.4, -0.2) is 51.4 Å². The highest BCUT2D eigenvalue weighted by Crippen LogP contribution is 0.861. The van der Waals surface area contributed by atoms with Gasteiger partial charge in [-0.2, -0.15) is 9.90 Å². The second-order valence-corrected chi connectivity index (χ2v) is 0. The molecule has 4 heteroatoms. The molecule has 0 aromatic rings.